The Morgan fingerprint density at radius 1 is 0.955 bits per heavy atom. The topological polar surface area (TPSA) is 61.0 Å². The van der Waals surface area contributed by atoms with Crippen LogP contribution in [0.3, 0.4) is 0 Å². The van der Waals surface area contributed by atoms with E-state index in [1.807, 2.05) is 0 Å². The van der Waals surface area contributed by atoms with E-state index in [0.717, 1.165) is 6.07 Å². The molecule has 22 heavy (non-hydrogen) atoms. The predicted octanol–water partition coefficient (Wildman–Crippen LogP) is 4.17. The van der Waals surface area contributed by atoms with Gasteiger partial charge < -0.3 is 10.5 Å². The van der Waals surface area contributed by atoms with E-state index in [9.17, 15) is 13.2 Å². The average molecular weight is 311 g/mol. The van der Waals surface area contributed by atoms with Crippen LogP contribution in [0.25, 0.3) is 0 Å². The Labute approximate surface area is 126 Å². The highest BCUT2D eigenvalue weighted by atomic mass is 19.4. The summed E-state index contributed by atoms with van der Waals surface area (Å²) < 4.78 is 44.2. The van der Waals surface area contributed by atoms with Gasteiger partial charge in [0.05, 0.1) is 5.69 Å². The van der Waals surface area contributed by atoms with Gasteiger partial charge in [-0.05, 0) is 30.3 Å². The molecule has 0 aliphatic carbocycles. The smallest absolute Gasteiger partial charge is 0.424 e. The van der Waals surface area contributed by atoms with Gasteiger partial charge in [0, 0.05) is 11.1 Å². The van der Waals surface area contributed by atoms with Crippen molar-refractivity contribution in [2.24, 2.45) is 0 Å². The monoisotopic (exact) mass is 311 g/mol. The number of ether oxygens (including phenoxy) is 1. The Bertz CT molecular complexity index is 629. The second-order valence-corrected chi connectivity index (χ2v) is 5.84. The van der Waals surface area contributed by atoms with Crippen LogP contribution in [0.2, 0.25) is 0 Å². The van der Waals surface area contributed by atoms with Crippen LogP contribution in [0.15, 0.2) is 30.3 Å². The summed E-state index contributed by atoms with van der Waals surface area (Å²) >= 11 is 0. The maximum absolute atomic E-state index is 13.0. The Balaban J connectivity index is 2.44. The Morgan fingerprint density at radius 2 is 1.50 bits per heavy atom. The van der Waals surface area contributed by atoms with Crippen LogP contribution in [0.1, 0.15) is 32.2 Å². The highest BCUT2D eigenvalue weighted by molar-refractivity contribution is 5.42. The molecule has 0 atom stereocenters. The summed E-state index contributed by atoms with van der Waals surface area (Å²) in [5.41, 5.74) is 4.72. The number of benzene rings is 1. The number of hydrogen-bond donors (Lipinski definition) is 1. The normalized spacial score (nSPS) is 12.3. The molecule has 2 aromatic rings. The van der Waals surface area contributed by atoms with Crippen molar-refractivity contribution in [3.8, 4) is 11.8 Å². The van der Waals surface area contributed by atoms with E-state index in [1.54, 1.807) is 32.9 Å². The van der Waals surface area contributed by atoms with Gasteiger partial charge in [-0.3, -0.25) is 0 Å². The van der Waals surface area contributed by atoms with Crippen molar-refractivity contribution in [1.29, 1.82) is 0 Å². The third-order valence-corrected chi connectivity index (χ3v) is 2.85. The first kappa shape index (κ1) is 16.1. The van der Waals surface area contributed by atoms with Crippen molar-refractivity contribution in [1.82, 2.24) is 9.97 Å². The van der Waals surface area contributed by atoms with Crippen molar-refractivity contribution < 1.29 is 17.9 Å². The minimum atomic E-state index is -4.57. The maximum Gasteiger partial charge on any atom is 0.433 e. The zero-order valence-corrected chi connectivity index (χ0v) is 12.4. The molecule has 0 aliphatic rings. The van der Waals surface area contributed by atoms with Gasteiger partial charge in [-0.25, -0.2) is 0 Å². The minimum Gasteiger partial charge on any atom is -0.424 e. The van der Waals surface area contributed by atoms with Crippen LogP contribution in [0.5, 0.6) is 11.8 Å². The first-order chi connectivity index (χ1) is 10.1. The van der Waals surface area contributed by atoms with E-state index < -0.39 is 17.3 Å². The molecule has 1 aromatic carbocycles. The van der Waals surface area contributed by atoms with Crippen LogP contribution in [-0.4, -0.2) is 9.97 Å². The molecule has 0 bridgehead atoms. The van der Waals surface area contributed by atoms with Gasteiger partial charge in [0.15, 0.2) is 5.69 Å². The van der Waals surface area contributed by atoms with E-state index in [4.69, 9.17) is 10.5 Å². The summed E-state index contributed by atoms with van der Waals surface area (Å²) in [6.45, 7) is 5.30. The maximum atomic E-state index is 13.0. The van der Waals surface area contributed by atoms with E-state index in [0.29, 0.717) is 11.4 Å². The molecule has 1 heterocycles. The molecule has 118 valence electrons. The standard InChI is InChI=1S/C15H16F3N3O/c1-14(2,3)11-8-12(15(16,17)18)21-13(20-11)22-10-6-4-9(19)5-7-10/h4-8H,19H2,1-3H3. The van der Waals surface area contributed by atoms with Crippen LogP contribution in [0.4, 0.5) is 18.9 Å². The molecule has 0 amide bonds. The van der Waals surface area contributed by atoms with E-state index in [1.165, 1.54) is 12.1 Å². The molecular formula is C15H16F3N3O. The van der Waals surface area contributed by atoms with Gasteiger partial charge in [0.2, 0.25) is 0 Å². The molecule has 0 unspecified atom stereocenters. The van der Waals surface area contributed by atoms with Crippen LogP contribution in [-0.2, 0) is 11.6 Å². The highest BCUT2D eigenvalue weighted by Gasteiger charge is 2.35. The number of nitrogens with two attached hydrogens (primary N) is 1. The predicted molar refractivity (Wildman–Crippen MR) is 76.7 cm³/mol. The van der Waals surface area contributed by atoms with Crippen LogP contribution < -0.4 is 10.5 Å². The first-order valence-corrected chi connectivity index (χ1v) is 6.56. The fourth-order valence-corrected chi connectivity index (χ4v) is 1.64. The van der Waals surface area contributed by atoms with Gasteiger partial charge in [0.1, 0.15) is 5.75 Å². The van der Waals surface area contributed by atoms with Crippen molar-refractivity contribution >= 4 is 5.69 Å². The lowest BCUT2D eigenvalue weighted by Gasteiger charge is -2.19. The number of anilines is 1. The fraction of sp³-hybridized carbons (Fsp3) is 0.333. The van der Waals surface area contributed by atoms with Crippen molar-refractivity contribution in [2.75, 3.05) is 5.73 Å². The van der Waals surface area contributed by atoms with Crippen molar-refractivity contribution in [2.45, 2.75) is 32.4 Å². The summed E-state index contributed by atoms with van der Waals surface area (Å²) in [4.78, 5) is 7.52. The Hall–Kier alpha value is -2.31. The third kappa shape index (κ3) is 3.87. The fourth-order valence-electron chi connectivity index (χ4n) is 1.64. The summed E-state index contributed by atoms with van der Waals surface area (Å²) in [6, 6.07) is 6.83. The molecule has 2 rings (SSSR count). The average Bonchev–Trinajstić information content (AvgIpc) is 2.39. The first-order valence-electron chi connectivity index (χ1n) is 6.56. The van der Waals surface area contributed by atoms with Crippen LogP contribution >= 0.6 is 0 Å². The molecule has 0 aliphatic heterocycles. The van der Waals surface area contributed by atoms with E-state index in [-0.39, 0.29) is 11.7 Å². The molecule has 7 heteroatoms. The summed E-state index contributed by atoms with van der Waals surface area (Å²) in [5, 5.41) is 0. The third-order valence-electron chi connectivity index (χ3n) is 2.85. The molecule has 0 saturated carbocycles. The second kappa shape index (κ2) is 5.47. The number of rotatable bonds is 2. The Morgan fingerprint density at radius 3 is 2.00 bits per heavy atom. The van der Waals surface area contributed by atoms with Gasteiger partial charge in [-0.2, -0.15) is 23.1 Å². The summed E-state index contributed by atoms with van der Waals surface area (Å²) in [6.07, 6.45) is -4.57. The number of alkyl halides is 3. The molecule has 0 fully saturated rings. The van der Waals surface area contributed by atoms with Gasteiger partial charge in [-0.15, -0.1) is 0 Å². The van der Waals surface area contributed by atoms with Crippen molar-refractivity contribution in [3.63, 3.8) is 0 Å². The molecule has 0 saturated heterocycles. The van der Waals surface area contributed by atoms with Crippen LogP contribution in [0, 0.1) is 0 Å². The zero-order valence-electron chi connectivity index (χ0n) is 12.4. The van der Waals surface area contributed by atoms with E-state index in [2.05, 4.69) is 9.97 Å². The molecule has 4 nitrogen and oxygen atoms in total. The number of aromatic nitrogens is 2. The SMILES string of the molecule is CC(C)(C)c1cc(C(F)(F)F)nc(Oc2ccc(N)cc2)n1. The quantitative estimate of drug-likeness (QED) is 0.846. The molecule has 0 spiro atoms. The molecule has 1 aromatic heterocycles. The number of hydrogen-bond acceptors (Lipinski definition) is 4. The largest absolute Gasteiger partial charge is 0.433 e. The van der Waals surface area contributed by atoms with E-state index >= 15 is 0 Å². The molecule has 0 radical (unpaired) electrons. The number of nitrogens with zero attached hydrogens (tertiary/aromatic N) is 2. The lowest BCUT2D eigenvalue weighted by molar-refractivity contribution is -0.141. The zero-order chi connectivity index (χ0) is 16.5. The lowest BCUT2D eigenvalue weighted by Crippen LogP contribution is -2.18. The lowest BCUT2D eigenvalue weighted by atomic mass is 9.91. The molecule has 2 N–H and O–H groups in total. The van der Waals surface area contributed by atoms with Gasteiger partial charge >= 0.3 is 12.2 Å². The summed E-state index contributed by atoms with van der Waals surface area (Å²) in [7, 11) is 0. The minimum absolute atomic E-state index is 0.250. The summed E-state index contributed by atoms with van der Waals surface area (Å²) in [5.74, 6) is 0.313. The Kier molecular flexibility index (Phi) is 4.00. The van der Waals surface area contributed by atoms with Crippen molar-refractivity contribution in [3.05, 3.63) is 41.7 Å². The van der Waals surface area contributed by atoms with Gasteiger partial charge in [-0.1, -0.05) is 20.8 Å². The second-order valence-electron chi connectivity index (χ2n) is 5.84. The molecular weight excluding hydrogens is 295 g/mol. The number of halogens is 3. The number of nitrogen functional groups attached to an aromatic ring is 1. The van der Waals surface area contributed by atoms with Gasteiger partial charge in [0.25, 0.3) is 0 Å². The highest BCUT2D eigenvalue weighted by Crippen LogP contribution is 2.33.